The summed E-state index contributed by atoms with van der Waals surface area (Å²) in [5, 5.41) is 2.21. The van der Waals surface area contributed by atoms with Crippen LogP contribution in [-0.4, -0.2) is 6.61 Å². The van der Waals surface area contributed by atoms with E-state index in [1.54, 1.807) is 11.3 Å². The molecule has 0 saturated heterocycles. The van der Waals surface area contributed by atoms with Gasteiger partial charge in [-0.1, -0.05) is 13.8 Å². The van der Waals surface area contributed by atoms with E-state index in [9.17, 15) is 0 Å². The van der Waals surface area contributed by atoms with Crippen LogP contribution in [0.5, 0.6) is 5.75 Å². The lowest BCUT2D eigenvalue weighted by atomic mass is 9.92. The summed E-state index contributed by atoms with van der Waals surface area (Å²) < 4.78 is 6.75. The van der Waals surface area contributed by atoms with Gasteiger partial charge in [0.25, 0.3) is 0 Å². The van der Waals surface area contributed by atoms with Gasteiger partial charge < -0.3 is 4.74 Å². The van der Waals surface area contributed by atoms with Crippen molar-refractivity contribution in [2.45, 2.75) is 19.8 Å². The number of ether oxygens (including phenoxy) is 1. The Morgan fingerprint density at radius 1 is 1.67 bits per heavy atom. The summed E-state index contributed by atoms with van der Waals surface area (Å²) in [6, 6.07) is 0. The monoisotopic (exact) mass is 246 g/mol. The fourth-order valence-electron chi connectivity index (χ4n) is 1.55. The molecule has 2 rings (SSSR count). The van der Waals surface area contributed by atoms with Crippen molar-refractivity contribution < 1.29 is 4.74 Å². The highest BCUT2D eigenvalue weighted by Gasteiger charge is 2.29. The second-order valence-corrected chi connectivity index (χ2v) is 5.65. The second-order valence-electron chi connectivity index (χ2n) is 3.46. The van der Waals surface area contributed by atoms with E-state index in [0.29, 0.717) is 11.8 Å². The van der Waals surface area contributed by atoms with Crippen molar-refractivity contribution in [3.05, 3.63) is 14.7 Å². The molecule has 0 amide bonds. The summed E-state index contributed by atoms with van der Waals surface area (Å²) in [6.45, 7) is 5.35. The zero-order valence-corrected chi connectivity index (χ0v) is 9.54. The summed E-state index contributed by atoms with van der Waals surface area (Å²) in [5.74, 6) is 2.36. The average molecular weight is 247 g/mol. The van der Waals surface area contributed by atoms with Crippen LogP contribution in [0, 0.1) is 5.92 Å². The Bertz CT molecular complexity index is 293. The molecule has 1 aliphatic heterocycles. The van der Waals surface area contributed by atoms with Gasteiger partial charge in [0.05, 0.1) is 6.61 Å². The third kappa shape index (κ3) is 1.19. The number of hydrogen-bond donors (Lipinski definition) is 0. The van der Waals surface area contributed by atoms with E-state index < -0.39 is 0 Å². The summed E-state index contributed by atoms with van der Waals surface area (Å²) >= 11 is 5.21. The molecule has 1 aromatic heterocycles. The Morgan fingerprint density at radius 2 is 2.42 bits per heavy atom. The first kappa shape index (κ1) is 8.57. The standard InChI is InChI=1S/C9H11BrOS/c1-5(2)6-3-11-8-7(6)4-12-9(8)10/h4-6H,3H2,1-2H3. The number of halogens is 1. The quantitative estimate of drug-likeness (QED) is 0.736. The van der Waals surface area contributed by atoms with Gasteiger partial charge in [0.15, 0.2) is 0 Å². The fourth-order valence-corrected chi connectivity index (χ4v) is 2.97. The van der Waals surface area contributed by atoms with Gasteiger partial charge in [0.1, 0.15) is 9.54 Å². The fraction of sp³-hybridized carbons (Fsp3) is 0.556. The third-order valence-corrected chi connectivity index (χ3v) is 4.03. The summed E-state index contributed by atoms with van der Waals surface area (Å²) in [7, 11) is 0. The van der Waals surface area contributed by atoms with Gasteiger partial charge in [-0.15, -0.1) is 11.3 Å². The maximum Gasteiger partial charge on any atom is 0.147 e. The molecule has 0 N–H and O–H groups in total. The van der Waals surface area contributed by atoms with Crippen molar-refractivity contribution in [1.82, 2.24) is 0 Å². The largest absolute Gasteiger partial charge is 0.491 e. The Morgan fingerprint density at radius 3 is 3.08 bits per heavy atom. The molecule has 1 nitrogen and oxygen atoms in total. The molecule has 0 aliphatic carbocycles. The Kier molecular flexibility index (Phi) is 2.17. The molecule has 0 saturated carbocycles. The molecular formula is C9H11BrOS. The van der Waals surface area contributed by atoms with E-state index >= 15 is 0 Å². The van der Waals surface area contributed by atoms with Crippen molar-refractivity contribution in [2.24, 2.45) is 5.92 Å². The molecule has 12 heavy (non-hydrogen) atoms. The van der Waals surface area contributed by atoms with Crippen LogP contribution >= 0.6 is 27.3 Å². The van der Waals surface area contributed by atoms with Crippen LogP contribution in [0.25, 0.3) is 0 Å². The van der Waals surface area contributed by atoms with Gasteiger partial charge in [-0.2, -0.15) is 0 Å². The Hall–Kier alpha value is -0.0200. The molecule has 3 heteroatoms. The second kappa shape index (κ2) is 3.04. The molecule has 2 heterocycles. The molecule has 0 bridgehead atoms. The maximum absolute atomic E-state index is 5.61. The predicted octanol–water partition coefficient (Wildman–Crippen LogP) is 3.64. The van der Waals surface area contributed by atoms with Crippen LogP contribution in [0.3, 0.4) is 0 Å². The van der Waals surface area contributed by atoms with Crippen LogP contribution in [0.4, 0.5) is 0 Å². The van der Waals surface area contributed by atoms with E-state index in [-0.39, 0.29) is 0 Å². The van der Waals surface area contributed by atoms with Gasteiger partial charge in [0, 0.05) is 11.5 Å². The third-order valence-electron chi connectivity index (χ3n) is 2.34. The topological polar surface area (TPSA) is 9.23 Å². The molecule has 1 atom stereocenters. The Balaban J connectivity index is 2.36. The van der Waals surface area contributed by atoms with Crippen LogP contribution in [-0.2, 0) is 0 Å². The molecule has 0 fully saturated rings. The van der Waals surface area contributed by atoms with Crippen molar-refractivity contribution in [1.29, 1.82) is 0 Å². The first-order valence-corrected chi connectivity index (χ1v) is 5.77. The molecule has 0 aromatic carbocycles. The summed E-state index contributed by atoms with van der Waals surface area (Å²) in [6.07, 6.45) is 0. The lowest BCUT2D eigenvalue weighted by molar-refractivity contribution is 0.303. The van der Waals surface area contributed by atoms with Gasteiger partial charge >= 0.3 is 0 Å². The highest BCUT2D eigenvalue weighted by Crippen LogP contribution is 2.46. The highest BCUT2D eigenvalue weighted by atomic mass is 79.9. The highest BCUT2D eigenvalue weighted by molar-refractivity contribution is 9.11. The van der Waals surface area contributed by atoms with Gasteiger partial charge in [-0.25, -0.2) is 0 Å². The van der Waals surface area contributed by atoms with Crippen molar-refractivity contribution in [3.8, 4) is 5.75 Å². The predicted molar refractivity (Wildman–Crippen MR) is 55.1 cm³/mol. The van der Waals surface area contributed by atoms with Crippen LogP contribution in [0.2, 0.25) is 0 Å². The van der Waals surface area contributed by atoms with Crippen LogP contribution < -0.4 is 4.74 Å². The number of rotatable bonds is 1. The number of thiophene rings is 1. The molecule has 0 radical (unpaired) electrons. The minimum atomic E-state index is 0.600. The van der Waals surface area contributed by atoms with Crippen LogP contribution in [0.15, 0.2) is 9.17 Å². The van der Waals surface area contributed by atoms with E-state index in [1.165, 1.54) is 5.56 Å². The molecule has 0 spiro atoms. The molecule has 1 aliphatic rings. The van der Waals surface area contributed by atoms with E-state index in [4.69, 9.17) is 4.74 Å². The smallest absolute Gasteiger partial charge is 0.147 e. The van der Waals surface area contributed by atoms with Crippen molar-refractivity contribution in [3.63, 3.8) is 0 Å². The summed E-state index contributed by atoms with van der Waals surface area (Å²) in [4.78, 5) is 0. The minimum absolute atomic E-state index is 0.600. The maximum atomic E-state index is 5.61. The lowest BCUT2D eigenvalue weighted by Crippen LogP contribution is -2.07. The molecular weight excluding hydrogens is 236 g/mol. The zero-order chi connectivity index (χ0) is 8.72. The van der Waals surface area contributed by atoms with Crippen LogP contribution in [0.1, 0.15) is 25.3 Å². The molecule has 1 unspecified atom stereocenters. The number of fused-ring (bicyclic) bond motifs is 1. The van der Waals surface area contributed by atoms with E-state index in [2.05, 4.69) is 35.2 Å². The average Bonchev–Trinajstić information content (AvgIpc) is 2.53. The van der Waals surface area contributed by atoms with E-state index in [0.717, 1.165) is 16.1 Å². The van der Waals surface area contributed by atoms with Crippen molar-refractivity contribution >= 4 is 27.3 Å². The first-order valence-electron chi connectivity index (χ1n) is 4.10. The van der Waals surface area contributed by atoms with Crippen molar-refractivity contribution in [2.75, 3.05) is 6.61 Å². The first-order chi connectivity index (χ1) is 5.70. The van der Waals surface area contributed by atoms with E-state index in [1.807, 2.05) is 0 Å². The lowest BCUT2D eigenvalue weighted by Gasteiger charge is -2.10. The molecule has 66 valence electrons. The van der Waals surface area contributed by atoms with Gasteiger partial charge in [-0.3, -0.25) is 0 Å². The van der Waals surface area contributed by atoms with Gasteiger partial charge in [-0.05, 0) is 27.2 Å². The Labute approximate surface area is 84.9 Å². The van der Waals surface area contributed by atoms with Gasteiger partial charge in [0.2, 0.25) is 0 Å². The molecule has 1 aromatic rings. The normalized spacial score (nSPS) is 21.2. The minimum Gasteiger partial charge on any atom is -0.491 e. The number of hydrogen-bond acceptors (Lipinski definition) is 2. The summed E-state index contributed by atoms with van der Waals surface area (Å²) in [5.41, 5.74) is 1.39. The zero-order valence-electron chi connectivity index (χ0n) is 7.13. The SMILES string of the molecule is CC(C)C1COc2c1csc2Br.